The maximum absolute atomic E-state index is 10.7. The highest BCUT2D eigenvalue weighted by Gasteiger charge is 2.11. The van der Waals surface area contributed by atoms with Crippen LogP contribution >= 0.6 is 0 Å². The van der Waals surface area contributed by atoms with Crippen molar-refractivity contribution in [1.29, 1.82) is 0 Å². The van der Waals surface area contributed by atoms with E-state index >= 15 is 0 Å². The van der Waals surface area contributed by atoms with Crippen molar-refractivity contribution in [2.75, 3.05) is 23.3 Å². The van der Waals surface area contributed by atoms with Crippen LogP contribution in [-0.2, 0) is 0 Å². The zero-order valence-electron chi connectivity index (χ0n) is 11.5. The van der Waals surface area contributed by atoms with Gasteiger partial charge >= 0.3 is 5.97 Å². The van der Waals surface area contributed by atoms with Gasteiger partial charge in [0.1, 0.15) is 0 Å². The van der Waals surface area contributed by atoms with E-state index in [9.17, 15) is 4.79 Å². The Kier molecular flexibility index (Phi) is 3.68. The van der Waals surface area contributed by atoms with Gasteiger partial charge in [0, 0.05) is 24.5 Å². The van der Waals surface area contributed by atoms with E-state index in [1.165, 1.54) is 24.6 Å². The minimum atomic E-state index is -1.08. The molecule has 1 fully saturated rings. The summed E-state index contributed by atoms with van der Waals surface area (Å²) >= 11 is 0. The number of nitrogens with zero attached hydrogens (tertiary/aromatic N) is 3. The molecule has 0 aliphatic carbocycles. The number of nitrogens with one attached hydrogen (secondary N) is 1. The Balaban J connectivity index is 1.68. The summed E-state index contributed by atoms with van der Waals surface area (Å²) in [6, 6.07) is 11.2. The third kappa shape index (κ3) is 3.10. The molecule has 108 valence electrons. The summed E-state index contributed by atoms with van der Waals surface area (Å²) in [6.45, 7) is 2.24. The first kappa shape index (κ1) is 13.4. The molecular weight excluding hydrogens is 268 g/mol. The van der Waals surface area contributed by atoms with Gasteiger partial charge < -0.3 is 15.3 Å². The van der Waals surface area contributed by atoms with Crippen LogP contribution in [0.15, 0.2) is 36.4 Å². The van der Waals surface area contributed by atoms with Crippen LogP contribution in [0.2, 0.25) is 0 Å². The summed E-state index contributed by atoms with van der Waals surface area (Å²) in [6.07, 6.45) is 2.51. The number of aromatic carboxylic acids is 1. The van der Waals surface area contributed by atoms with Crippen LogP contribution < -0.4 is 10.2 Å². The maximum atomic E-state index is 10.7. The quantitative estimate of drug-likeness (QED) is 0.898. The molecule has 0 amide bonds. The largest absolute Gasteiger partial charge is 0.476 e. The third-order valence-electron chi connectivity index (χ3n) is 3.49. The molecule has 0 saturated carbocycles. The van der Waals surface area contributed by atoms with Crippen molar-refractivity contribution in [2.24, 2.45) is 0 Å². The first-order chi connectivity index (χ1) is 10.2. The van der Waals surface area contributed by atoms with E-state index in [-0.39, 0.29) is 5.69 Å². The Morgan fingerprint density at radius 1 is 1.05 bits per heavy atom. The Morgan fingerprint density at radius 2 is 1.76 bits per heavy atom. The van der Waals surface area contributed by atoms with Gasteiger partial charge in [-0.05, 0) is 49.2 Å². The number of carboxylic acid groups (broad SMARTS) is 1. The average molecular weight is 284 g/mol. The predicted octanol–water partition coefficient (Wildman–Crippen LogP) is 2.52. The van der Waals surface area contributed by atoms with Crippen molar-refractivity contribution < 1.29 is 9.90 Å². The van der Waals surface area contributed by atoms with E-state index in [2.05, 4.69) is 32.5 Å². The smallest absolute Gasteiger partial charge is 0.356 e. The zero-order chi connectivity index (χ0) is 14.7. The van der Waals surface area contributed by atoms with Crippen molar-refractivity contribution in [2.45, 2.75) is 12.8 Å². The van der Waals surface area contributed by atoms with Gasteiger partial charge in [-0.15, -0.1) is 10.2 Å². The highest BCUT2D eigenvalue weighted by atomic mass is 16.4. The van der Waals surface area contributed by atoms with Crippen LogP contribution in [0, 0.1) is 0 Å². The van der Waals surface area contributed by atoms with Gasteiger partial charge in [0.05, 0.1) is 0 Å². The van der Waals surface area contributed by atoms with E-state index in [1.54, 1.807) is 6.07 Å². The molecule has 0 bridgehead atoms. The van der Waals surface area contributed by atoms with Crippen molar-refractivity contribution >= 4 is 23.2 Å². The summed E-state index contributed by atoms with van der Waals surface area (Å²) in [4.78, 5) is 13.1. The van der Waals surface area contributed by atoms with E-state index in [4.69, 9.17) is 5.11 Å². The first-order valence-electron chi connectivity index (χ1n) is 6.91. The van der Waals surface area contributed by atoms with E-state index in [1.807, 2.05) is 12.1 Å². The van der Waals surface area contributed by atoms with E-state index < -0.39 is 5.97 Å². The predicted molar refractivity (Wildman–Crippen MR) is 80.2 cm³/mol. The fourth-order valence-electron chi connectivity index (χ4n) is 2.39. The summed E-state index contributed by atoms with van der Waals surface area (Å²) in [5, 5.41) is 19.4. The SMILES string of the molecule is O=C(O)c1ccc(Nc2ccc(N3CCCC3)cc2)nn1. The molecule has 1 aliphatic heterocycles. The van der Waals surface area contributed by atoms with Crippen LogP contribution in [0.5, 0.6) is 0 Å². The van der Waals surface area contributed by atoms with Gasteiger partial charge in [-0.3, -0.25) is 0 Å². The molecule has 21 heavy (non-hydrogen) atoms. The highest BCUT2D eigenvalue weighted by Crippen LogP contribution is 2.23. The second-order valence-corrected chi connectivity index (χ2v) is 4.97. The fourth-order valence-corrected chi connectivity index (χ4v) is 2.39. The number of hydrogen-bond donors (Lipinski definition) is 2. The molecule has 1 saturated heterocycles. The topological polar surface area (TPSA) is 78.4 Å². The number of anilines is 3. The van der Waals surface area contributed by atoms with Gasteiger partial charge in [-0.2, -0.15) is 0 Å². The number of aromatic nitrogens is 2. The summed E-state index contributed by atoms with van der Waals surface area (Å²) in [5.74, 6) is -0.557. The minimum Gasteiger partial charge on any atom is -0.476 e. The van der Waals surface area contributed by atoms with Crippen molar-refractivity contribution in [3.8, 4) is 0 Å². The number of rotatable bonds is 4. The Hall–Kier alpha value is -2.63. The molecule has 0 atom stereocenters. The van der Waals surface area contributed by atoms with Crippen molar-refractivity contribution in [1.82, 2.24) is 10.2 Å². The summed E-state index contributed by atoms with van der Waals surface area (Å²) < 4.78 is 0. The Morgan fingerprint density at radius 3 is 2.33 bits per heavy atom. The molecule has 6 heteroatoms. The second kappa shape index (κ2) is 5.78. The maximum Gasteiger partial charge on any atom is 0.356 e. The summed E-state index contributed by atoms with van der Waals surface area (Å²) in [7, 11) is 0. The van der Waals surface area contributed by atoms with Gasteiger partial charge in [-0.25, -0.2) is 4.79 Å². The van der Waals surface area contributed by atoms with Gasteiger partial charge in [-0.1, -0.05) is 0 Å². The molecule has 2 heterocycles. The number of carbonyl (C=O) groups is 1. The Labute approximate surface area is 122 Å². The van der Waals surface area contributed by atoms with Crippen LogP contribution in [0.25, 0.3) is 0 Å². The molecule has 3 rings (SSSR count). The van der Waals surface area contributed by atoms with Gasteiger partial charge in [0.25, 0.3) is 0 Å². The molecule has 6 nitrogen and oxygen atoms in total. The van der Waals surface area contributed by atoms with E-state index in [0.29, 0.717) is 5.82 Å². The lowest BCUT2D eigenvalue weighted by Crippen LogP contribution is -2.17. The number of benzene rings is 1. The molecule has 1 aromatic carbocycles. The molecule has 2 N–H and O–H groups in total. The molecule has 2 aromatic rings. The van der Waals surface area contributed by atoms with Gasteiger partial charge in [0.2, 0.25) is 0 Å². The van der Waals surface area contributed by atoms with Crippen LogP contribution in [0.3, 0.4) is 0 Å². The van der Waals surface area contributed by atoms with Gasteiger partial charge in [0.15, 0.2) is 11.5 Å². The summed E-state index contributed by atoms with van der Waals surface area (Å²) in [5.41, 5.74) is 2.06. The monoisotopic (exact) mass is 284 g/mol. The molecule has 1 aliphatic rings. The van der Waals surface area contributed by atoms with Crippen LogP contribution in [-0.4, -0.2) is 34.4 Å². The highest BCUT2D eigenvalue weighted by molar-refractivity contribution is 5.85. The Bertz CT molecular complexity index is 619. The lowest BCUT2D eigenvalue weighted by Gasteiger charge is -2.17. The normalized spacial score (nSPS) is 14.2. The minimum absolute atomic E-state index is 0.0649. The molecule has 0 radical (unpaired) electrons. The molecule has 0 unspecified atom stereocenters. The standard InChI is InChI=1S/C15H16N4O2/c20-15(21)13-7-8-14(18-17-13)16-11-3-5-12(6-4-11)19-9-1-2-10-19/h3-8H,1-2,9-10H2,(H,16,18)(H,20,21). The molecule has 1 aromatic heterocycles. The van der Waals surface area contributed by atoms with Crippen molar-refractivity contribution in [3.05, 3.63) is 42.1 Å². The zero-order valence-corrected chi connectivity index (χ0v) is 11.5. The van der Waals surface area contributed by atoms with Crippen molar-refractivity contribution in [3.63, 3.8) is 0 Å². The van der Waals surface area contributed by atoms with Crippen LogP contribution in [0.4, 0.5) is 17.2 Å². The number of carboxylic acids is 1. The average Bonchev–Trinajstić information content (AvgIpc) is 3.03. The number of hydrogen-bond acceptors (Lipinski definition) is 5. The molecule has 0 spiro atoms. The lowest BCUT2D eigenvalue weighted by atomic mass is 10.2. The lowest BCUT2D eigenvalue weighted by molar-refractivity contribution is 0.0689. The second-order valence-electron chi connectivity index (χ2n) is 4.97. The van der Waals surface area contributed by atoms with Crippen LogP contribution in [0.1, 0.15) is 23.3 Å². The molecular formula is C15H16N4O2. The fraction of sp³-hybridized carbons (Fsp3) is 0.267. The third-order valence-corrected chi connectivity index (χ3v) is 3.49. The van der Waals surface area contributed by atoms with E-state index in [0.717, 1.165) is 18.8 Å². The first-order valence-corrected chi connectivity index (χ1v) is 6.91.